The van der Waals surface area contributed by atoms with Gasteiger partial charge in [0.1, 0.15) is 5.76 Å². The van der Waals surface area contributed by atoms with E-state index < -0.39 is 5.97 Å². The van der Waals surface area contributed by atoms with E-state index in [1.807, 2.05) is 13.8 Å². The zero-order valence-electron chi connectivity index (χ0n) is 10.5. The highest BCUT2D eigenvalue weighted by Crippen LogP contribution is 2.08. The third kappa shape index (κ3) is 4.58. The molecule has 17 heavy (non-hydrogen) atoms. The maximum Gasteiger partial charge on any atom is 0.373 e. The highest BCUT2D eigenvalue weighted by molar-refractivity contribution is 5.86. The molecule has 0 radical (unpaired) electrons. The molecule has 0 aliphatic heterocycles. The SMILES string of the molecule is CCOCC(C)NCc1ccc(C(=O)OC)o1. The van der Waals surface area contributed by atoms with Gasteiger partial charge in [-0.25, -0.2) is 4.79 Å². The lowest BCUT2D eigenvalue weighted by atomic mass is 10.3. The average molecular weight is 241 g/mol. The number of esters is 1. The maximum absolute atomic E-state index is 11.1. The molecule has 0 saturated carbocycles. The predicted molar refractivity (Wildman–Crippen MR) is 62.8 cm³/mol. The van der Waals surface area contributed by atoms with Gasteiger partial charge >= 0.3 is 5.97 Å². The summed E-state index contributed by atoms with van der Waals surface area (Å²) in [6.07, 6.45) is 0. The van der Waals surface area contributed by atoms with Gasteiger partial charge in [0.25, 0.3) is 0 Å². The number of methoxy groups -OCH3 is 1. The van der Waals surface area contributed by atoms with E-state index in [0.29, 0.717) is 25.5 Å². The van der Waals surface area contributed by atoms with Gasteiger partial charge in [-0.3, -0.25) is 0 Å². The zero-order valence-corrected chi connectivity index (χ0v) is 10.5. The maximum atomic E-state index is 11.1. The van der Waals surface area contributed by atoms with Crippen LogP contribution >= 0.6 is 0 Å². The number of nitrogens with one attached hydrogen (secondary N) is 1. The number of carbonyl (C=O) groups is 1. The molecule has 96 valence electrons. The molecule has 1 atom stereocenters. The molecule has 0 amide bonds. The lowest BCUT2D eigenvalue weighted by Gasteiger charge is -2.12. The molecule has 0 bridgehead atoms. The molecule has 0 aliphatic carbocycles. The molecule has 0 fully saturated rings. The predicted octanol–water partition coefficient (Wildman–Crippen LogP) is 1.58. The van der Waals surface area contributed by atoms with E-state index >= 15 is 0 Å². The van der Waals surface area contributed by atoms with E-state index in [1.54, 1.807) is 12.1 Å². The molecule has 5 heteroatoms. The van der Waals surface area contributed by atoms with E-state index in [-0.39, 0.29) is 11.8 Å². The lowest BCUT2D eigenvalue weighted by molar-refractivity contribution is 0.0562. The summed E-state index contributed by atoms with van der Waals surface area (Å²) < 4.78 is 15.1. The number of hydrogen-bond donors (Lipinski definition) is 1. The van der Waals surface area contributed by atoms with Crippen molar-refractivity contribution >= 4 is 5.97 Å². The van der Waals surface area contributed by atoms with Crippen LogP contribution in [0.1, 0.15) is 30.2 Å². The second kappa shape index (κ2) is 7.09. The van der Waals surface area contributed by atoms with Gasteiger partial charge in [0.15, 0.2) is 0 Å². The first kappa shape index (κ1) is 13.7. The van der Waals surface area contributed by atoms with Crippen LogP contribution in [0.25, 0.3) is 0 Å². The van der Waals surface area contributed by atoms with Crippen LogP contribution < -0.4 is 5.32 Å². The number of hydrogen-bond acceptors (Lipinski definition) is 5. The Bertz CT molecular complexity index is 348. The summed E-state index contributed by atoms with van der Waals surface area (Å²) in [4.78, 5) is 11.1. The second-order valence-electron chi connectivity index (χ2n) is 3.70. The quantitative estimate of drug-likeness (QED) is 0.734. The first-order valence-corrected chi connectivity index (χ1v) is 5.65. The van der Waals surface area contributed by atoms with Crippen molar-refractivity contribution in [2.45, 2.75) is 26.4 Å². The second-order valence-corrected chi connectivity index (χ2v) is 3.70. The Balaban J connectivity index is 2.36. The van der Waals surface area contributed by atoms with Crippen molar-refractivity contribution in [1.29, 1.82) is 0 Å². The van der Waals surface area contributed by atoms with Crippen molar-refractivity contribution in [3.63, 3.8) is 0 Å². The van der Waals surface area contributed by atoms with Crippen LogP contribution in [-0.4, -0.2) is 32.3 Å². The minimum atomic E-state index is -0.460. The Kier molecular flexibility index (Phi) is 5.72. The zero-order chi connectivity index (χ0) is 12.7. The molecule has 1 aromatic heterocycles. The summed E-state index contributed by atoms with van der Waals surface area (Å²) >= 11 is 0. The fourth-order valence-electron chi connectivity index (χ4n) is 1.31. The first-order chi connectivity index (χ1) is 8.17. The average Bonchev–Trinajstić information content (AvgIpc) is 2.81. The third-order valence-corrected chi connectivity index (χ3v) is 2.24. The molecule has 1 unspecified atom stereocenters. The summed E-state index contributed by atoms with van der Waals surface area (Å²) in [6.45, 7) is 5.91. The van der Waals surface area contributed by atoms with Crippen LogP contribution in [0.15, 0.2) is 16.5 Å². The Labute approximate surface area is 101 Å². The van der Waals surface area contributed by atoms with Crippen LogP contribution in [0.5, 0.6) is 0 Å². The number of carbonyl (C=O) groups excluding carboxylic acids is 1. The van der Waals surface area contributed by atoms with Gasteiger partial charge in [-0.05, 0) is 26.0 Å². The third-order valence-electron chi connectivity index (χ3n) is 2.24. The Morgan fingerprint density at radius 1 is 1.53 bits per heavy atom. The highest BCUT2D eigenvalue weighted by Gasteiger charge is 2.11. The van der Waals surface area contributed by atoms with Crippen LogP contribution in [0.3, 0.4) is 0 Å². The van der Waals surface area contributed by atoms with Crippen molar-refractivity contribution < 1.29 is 18.7 Å². The van der Waals surface area contributed by atoms with Crippen molar-refractivity contribution in [3.8, 4) is 0 Å². The standard InChI is InChI=1S/C12H19NO4/c1-4-16-8-9(2)13-7-10-5-6-11(17-10)12(14)15-3/h5-6,9,13H,4,7-8H2,1-3H3. The van der Waals surface area contributed by atoms with Gasteiger partial charge < -0.3 is 19.2 Å². The van der Waals surface area contributed by atoms with Gasteiger partial charge in [0.05, 0.1) is 20.3 Å². The van der Waals surface area contributed by atoms with Gasteiger partial charge in [-0.15, -0.1) is 0 Å². The molecular formula is C12H19NO4. The molecule has 1 aromatic rings. The smallest absolute Gasteiger partial charge is 0.373 e. The Morgan fingerprint density at radius 3 is 2.94 bits per heavy atom. The van der Waals surface area contributed by atoms with Gasteiger partial charge in [0.2, 0.25) is 5.76 Å². The molecule has 1 rings (SSSR count). The van der Waals surface area contributed by atoms with Crippen molar-refractivity contribution in [3.05, 3.63) is 23.7 Å². The minimum Gasteiger partial charge on any atom is -0.463 e. The fourth-order valence-corrected chi connectivity index (χ4v) is 1.31. The molecule has 0 aromatic carbocycles. The van der Waals surface area contributed by atoms with Crippen LogP contribution in [0, 0.1) is 0 Å². The minimum absolute atomic E-state index is 0.224. The molecule has 1 heterocycles. The van der Waals surface area contributed by atoms with Crippen LogP contribution in [0.4, 0.5) is 0 Å². The van der Waals surface area contributed by atoms with Gasteiger partial charge in [0, 0.05) is 12.6 Å². The van der Waals surface area contributed by atoms with E-state index in [1.165, 1.54) is 7.11 Å². The molecule has 0 aliphatic rings. The lowest BCUT2D eigenvalue weighted by Crippen LogP contribution is -2.29. The molecule has 1 N–H and O–H groups in total. The summed E-state index contributed by atoms with van der Waals surface area (Å²) in [5, 5.41) is 3.23. The summed E-state index contributed by atoms with van der Waals surface area (Å²) in [5.74, 6) is 0.467. The van der Waals surface area contributed by atoms with Crippen LogP contribution in [0.2, 0.25) is 0 Å². The summed E-state index contributed by atoms with van der Waals surface area (Å²) in [5.41, 5.74) is 0. The highest BCUT2D eigenvalue weighted by atomic mass is 16.5. The molecule has 5 nitrogen and oxygen atoms in total. The molecule has 0 saturated heterocycles. The van der Waals surface area contributed by atoms with E-state index in [9.17, 15) is 4.79 Å². The van der Waals surface area contributed by atoms with E-state index in [0.717, 1.165) is 0 Å². The van der Waals surface area contributed by atoms with E-state index in [4.69, 9.17) is 9.15 Å². The Morgan fingerprint density at radius 2 is 2.29 bits per heavy atom. The number of furan rings is 1. The fraction of sp³-hybridized carbons (Fsp3) is 0.583. The van der Waals surface area contributed by atoms with Gasteiger partial charge in [-0.2, -0.15) is 0 Å². The monoisotopic (exact) mass is 241 g/mol. The summed E-state index contributed by atoms with van der Waals surface area (Å²) in [6, 6.07) is 3.60. The van der Waals surface area contributed by atoms with Crippen molar-refractivity contribution in [2.75, 3.05) is 20.3 Å². The van der Waals surface area contributed by atoms with E-state index in [2.05, 4.69) is 10.1 Å². The topological polar surface area (TPSA) is 60.7 Å². The Hall–Kier alpha value is -1.33. The molecule has 0 spiro atoms. The van der Waals surface area contributed by atoms with Crippen molar-refractivity contribution in [1.82, 2.24) is 5.32 Å². The molecular weight excluding hydrogens is 222 g/mol. The largest absolute Gasteiger partial charge is 0.463 e. The van der Waals surface area contributed by atoms with Crippen molar-refractivity contribution in [2.24, 2.45) is 0 Å². The van der Waals surface area contributed by atoms with Crippen LogP contribution in [-0.2, 0) is 16.0 Å². The number of ether oxygens (including phenoxy) is 2. The first-order valence-electron chi connectivity index (χ1n) is 5.65. The number of rotatable bonds is 7. The summed E-state index contributed by atoms with van der Waals surface area (Å²) in [7, 11) is 1.33. The van der Waals surface area contributed by atoms with Gasteiger partial charge in [-0.1, -0.05) is 0 Å². The normalized spacial score (nSPS) is 12.4.